The smallest absolute Gasteiger partial charge is 0.296 e. The Hall–Kier alpha value is -0.240. The van der Waals surface area contributed by atoms with E-state index in [2.05, 4.69) is 23.6 Å². The monoisotopic (exact) mass is 310 g/mol. The van der Waals surface area contributed by atoms with Gasteiger partial charge in [-0.3, -0.25) is 0 Å². The maximum Gasteiger partial charge on any atom is 0.296 e. The number of anilines is 1. The Kier molecular flexibility index (Phi) is 3.72. The summed E-state index contributed by atoms with van der Waals surface area (Å²) in [5.41, 5.74) is 0.529. The molecule has 0 bridgehead atoms. The highest BCUT2D eigenvalue weighted by molar-refractivity contribution is 8.15. The predicted molar refractivity (Wildman–Crippen MR) is 74.9 cm³/mol. The second-order valence-corrected chi connectivity index (χ2v) is 8.44. The Morgan fingerprint density at radius 3 is 2.94 bits per heavy atom. The summed E-state index contributed by atoms with van der Waals surface area (Å²) in [6.45, 7) is 4.13. The van der Waals surface area contributed by atoms with E-state index < -0.39 is 10.0 Å². The molecule has 1 N–H and O–H groups in total. The van der Waals surface area contributed by atoms with Gasteiger partial charge in [-0.15, -0.1) is 15.7 Å². The summed E-state index contributed by atoms with van der Waals surface area (Å²) in [6.07, 6.45) is 0. The number of nitrogens with one attached hydrogen (secondary N) is 1. The summed E-state index contributed by atoms with van der Waals surface area (Å²) in [6, 6.07) is 1.61. The van der Waals surface area contributed by atoms with Crippen molar-refractivity contribution in [1.29, 1.82) is 0 Å². The maximum absolute atomic E-state index is 11.9. The zero-order valence-electron chi connectivity index (χ0n) is 9.23. The van der Waals surface area contributed by atoms with Crippen LogP contribution in [0.15, 0.2) is 14.7 Å². The molecule has 2 heterocycles. The van der Waals surface area contributed by atoms with Gasteiger partial charge >= 0.3 is 0 Å². The third-order valence-corrected chi connectivity index (χ3v) is 6.37. The summed E-state index contributed by atoms with van der Waals surface area (Å²) in [5, 5.41) is 3.41. The summed E-state index contributed by atoms with van der Waals surface area (Å²) in [4.78, 5) is 0. The van der Waals surface area contributed by atoms with Crippen molar-refractivity contribution in [3.05, 3.63) is 10.4 Å². The summed E-state index contributed by atoms with van der Waals surface area (Å²) >= 11 is 8.23. The first kappa shape index (κ1) is 13.2. The zero-order valence-corrected chi connectivity index (χ0v) is 12.4. The van der Waals surface area contributed by atoms with Crippen molar-refractivity contribution in [2.45, 2.75) is 18.1 Å². The quantitative estimate of drug-likeness (QED) is 0.911. The third-order valence-electron chi connectivity index (χ3n) is 1.90. The minimum absolute atomic E-state index is 0.191. The Balaban J connectivity index is 2.28. The molecule has 0 amide bonds. The molecule has 0 fully saturated rings. The molecule has 1 aliphatic rings. The van der Waals surface area contributed by atoms with Gasteiger partial charge in [0.2, 0.25) is 0 Å². The van der Waals surface area contributed by atoms with Crippen molar-refractivity contribution in [2.75, 3.05) is 11.1 Å². The lowest BCUT2D eigenvalue weighted by Crippen LogP contribution is -2.18. The highest BCUT2D eigenvalue weighted by Gasteiger charge is 2.27. The number of rotatable bonds is 2. The minimum atomic E-state index is -3.58. The zero-order chi connectivity index (χ0) is 12.6. The largest absolute Gasteiger partial charge is 0.332 e. The van der Waals surface area contributed by atoms with Gasteiger partial charge < -0.3 is 5.32 Å². The van der Waals surface area contributed by atoms with Crippen molar-refractivity contribution in [1.82, 2.24) is 0 Å². The van der Waals surface area contributed by atoms with Crippen molar-refractivity contribution in [2.24, 2.45) is 10.3 Å². The topological polar surface area (TPSA) is 58.5 Å². The molecule has 17 heavy (non-hydrogen) atoms. The fourth-order valence-corrected chi connectivity index (χ4v) is 4.99. The van der Waals surface area contributed by atoms with Gasteiger partial charge in [0.1, 0.15) is 0 Å². The van der Waals surface area contributed by atoms with E-state index >= 15 is 0 Å². The van der Waals surface area contributed by atoms with E-state index in [0.717, 1.165) is 17.1 Å². The lowest BCUT2D eigenvalue weighted by Gasteiger charge is -2.14. The average Bonchev–Trinajstić information content (AvgIpc) is 2.56. The van der Waals surface area contributed by atoms with Crippen LogP contribution in [0.1, 0.15) is 13.8 Å². The van der Waals surface area contributed by atoms with E-state index in [9.17, 15) is 8.42 Å². The molecule has 0 spiro atoms. The first-order chi connectivity index (χ1) is 7.88. The number of hydrogen-bond donors (Lipinski definition) is 1. The molecule has 0 atom stereocenters. The number of thioether (sulfide) groups is 1. The SMILES string of the molecule is CC(C)CSC1=NS(=O)(=O)c2sc(Cl)cc2N1. The fraction of sp³-hybridized carbons (Fsp3) is 0.444. The molecule has 2 rings (SSSR count). The van der Waals surface area contributed by atoms with E-state index in [4.69, 9.17) is 11.6 Å². The van der Waals surface area contributed by atoms with Crippen molar-refractivity contribution in [3.63, 3.8) is 0 Å². The van der Waals surface area contributed by atoms with E-state index in [1.807, 2.05) is 0 Å². The molecule has 0 unspecified atom stereocenters. The molecule has 0 aliphatic carbocycles. The average molecular weight is 311 g/mol. The van der Waals surface area contributed by atoms with Crippen LogP contribution in [0.25, 0.3) is 0 Å². The Bertz CT molecular complexity index is 563. The lowest BCUT2D eigenvalue weighted by molar-refractivity contribution is 0.600. The number of fused-ring (bicyclic) bond motifs is 1. The van der Waals surface area contributed by atoms with Crippen LogP contribution >= 0.6 is 34.7 Å². The van der Waals surface area contributed by atoms with Gasteiger partial charge in [-0.05, 0) is 12.0 Å². The summed E-state index contributed by atoms with van der Waals surface area (Å²) in [5.74, 6) is 1.29. The molecule has 94 valence electrons. The van der Waals surface area contributed by atoms with E-state index in [1.165, 1.54) is 11.8 Å². The molecular formula is C9H11ClN2O2S3. The van der Waals surface area contributed by atoms with Crippen molar-refractivity contribution in [3.8, 4) is 0 Å². The second-order valence-electron chi connectivity index (χ2n) is 3.95. The van der Waals surface area contributed by atoms with Crippen LogP contribution in [-0.4, -0.2) is 19.3 Å². The van der Waals surface area contributed by atoms with Crippen LogP contribution in [0, 0.1) is 5.92 Å². The van der Waals surface area contributed by atoms with Crippen molar-refractivity contribution >= 4 is 55.6 Å². The number of halogens is 1. The van der Waals surface area contributed by atoms with Gasteiger partial charge in [-0.1, -0.05) is 37.2 Å². The van der Waals surface area contributed by atoms with Gasteiger partial charge in [0.05, 0.1) is 10.0 Å². The summed E-state index contributed by atoms with van der Waals surface area (Å²) < 4.78 is 28.1. The number of thiophene rings is 1. The van der Waals surface area contributed by atoms with E-state index in [-0.39, 0.29) is 4.21 Å². The molecule has 1 aromatic rings. The molecule has 0 aromatic carbocycles. The minimum Gasteiger partial charge on any atom is -0.332 e. The normalized spacial score (nSPS) is 17.5. The van der Waals surface area contributed by atoms with E-state index in [0.29, 0.717) is 21.1 Å². The van der Waals surface area contributed by atoms with Crippen LogP contribution in [0.4, 0.5) is 5.69 Å². The van der Waals surface area contributed by atoms with Gasteiger partial charge in [0, 0.05) is 5.75 Å². The van der Waals surface area contributed by atoms with Crippen LogP contribution in [0.2, 0.25) is 4.34 Å². The first-order valence-corrected chi connectivity index (χ1v) is 8.54. The molecular weight excluding hydrogens is 300 g/mol. The van der Waals surface area contributed by atoms with Crippen LogP contribution in [0.3, 0.4) is 0 Å². The van der Waals surface area contributed by atoms with Gasteiger partial charge in [-0.2, -0.15) is 8.42 Å². The molecule has 1 aromatic heterocycles. The van der Waals surface area contributed by atoms with Crippen molar-refractivity contribution < 1.29 is 8.42 Å². The van der Waals surface area contributed by atoms with Gasteiger partial charge in [-0.25, -0.2) is 0 Å². The number of amidine groups is 1. The van der Waals surface area contributed by atoms with Crippen LogP contribution in [-0.2, 0) is 10.0 Å². The molecule has 1 aliphatic heterocycles. The van der Waals surface area contributed by atoms with Gasteiger partial charge in [0.25, 0.3) is 10.0 Å². The highest BCUT2D eigenvalue weighted by atomic mass is 35.5. The molecule has 4 nitrogen and oxygen atoms in total. The third kappa shape index (κ3) is 2.96. The standard InChI is InChI=1S/C9H11ClN2O2S3/c1-5(2)4-15-9-11-6-3-7(10)16-8(6)17(13,14)12-9/h3,5H,4H2,1-2H3,(H,11,12). The lowest BCUT2D eigenvalue weighted by atomic mass is 10.3. The van der Waals surface area contributed by atoms with Crippen LogP contribution in [0.5, 0.6) is 0 Å². The predicted octanol–water partition coefficient (Wildman–Crippen LogP) is 3.26. The molecule has 0 saturated heterocycles. The second kappa shape index (κ2) is 4.79. The fourth-order valence-electron chi connectivity index (χ4n) is 1.22. The number of sulfonamides is 1. The Morgan fingerprint density at radius 1 is 1.59 bits per heavy atom. The molecule has 0 saturated carbocycles. The Morgan fingerprint density at radius 2 is 2.29 bits per heavy atom. The highest BCUT2D eigenvalue weighted by Crippen LogP contribution is 2.39. The maximum atomic E-state index is 11.9. The number of nitrogens with zero attached hydrogens (tertiary/aromatic N) is 1. The first-order valence-electron chi connectivity index (χ1n) is 4.92. The molecule has 0 radical (unpaired) electrons. The summed E-state index contributed by atoms with van der Waals surface area (Å²) in [7, 11) is -3.58. The molecule has 8 heteroatoms. The Labute approximate surface area is 114 Å². The van der Waals surface area contributed by atoms with E-state index in [1.54, 1.807) is 6.07 Å². The number of hydrogen-bond acceptors (Lipinski definition) is 5. The van der Waals surface area contributed by atoms with Crippen LogP contribution < -0.4 is 5.32 Å². The van der Waals surface area contributed by atoms with Gasteiger partial charge in [0.15, 0.2) is 9.38 Å².